The zero-order valence-corrected chi connectivity index (χ0v) is 19.9. The topological polar surface area (TPSA) is 69.7 Å². The van der Waals surface area contributed by atoms with Gasteiger partial charge in [0, 0.05) is 42.3 Å². The minimum atomic E-state index is -3.15. The average molecular weight is 476 g/mol. The fourth-order valence-corrected chi connectivity index (χ4v) is 6.19. The average Bonchev–Trinajstić information content (AvgIpc) is 2.73. The molecule has 0 aromatic heterocycles. The van der Waals surface area contributed by atoms with Crippen LogP contribution in [0.5, 0.6) is 0 Å². The standard InChI is InChI=1S/C21H31Cl2N3O3S/c1-3-30(28,29)26-10-8-20(9-11-26)25(2)21(27)24-19-6-4-15(5-7-19)16-12-17(22)14-18(23)13-16/h12-15,19-20H,3-11H2,1-2H3,(H,24,27). The molecule has 1 aromatic carbocycles. The van der Waals surface area contributed by atoms with Crippen molar-refractivity contribution in [2.45, 2.75) is 63.5 Å². The second-order valence-corrected chi connectivity index (χ2v) is 11.5. The van der Waals surface area contributed by atoms with Crippen molar-refractivity contribution in [3.63, 3.8) is 0 Å². The minimum absolute atomic E-state index is 0.0678. The van der Waals surface area contributed by atoms with Crippen molar-refractivity contribution in [1.29, 1.82) is 0 Å². The Morgan fingerprint density at radius 1 is 1.07 bits per heavy atom. The molecule has 1 saturated heterocycles. The molecule has 1 N–H and O–H groups in total. The van der Waals surface area contributed by atoms with Gasteiger partial charge in [-0.05, 0) is 75.1 Å². The first kappa shape index (κ1) is 23.6. The number of sulfonamides is 1. The molecular formula is C21H31Cl2N3O3S. The highest BCUT2D eigenvalue weighted by Crippen LogP contribution is 2.35. The number of urea groups is 1. The number of carbonyl (C=O) groups excluding carboxylic acids is 1. The summed E-state index contributed by atoms with van der Waals surface area (Å²) in [4.78, 5) is 14.5. The summed E-state index contributed by atoms with van der Waals surface area (Å²) < 4.78 is 25.6. The van der Waals surface area contributed by atoms with Crippen molar-refractivity contribution >= 4 is 39.3 Å². The van der Waals surface area contributed by atoms with Gasteiger partial charge < -0.3 is 10.2 Å². The molecule has 6 nitrogen and oxygen atoms in total. The number of nitrogens with zero attached hydrogens (tertiary/aromatic N) is 2. The van der Waals surface area contributed by atoms with Gasteiger partial charge in [0.05, 0.1) is 5.75 Å². The van der Waals surface area contributed by atoms with Crippen molar-refractivity contribution < 1.29 is 13.2 Å². The van der Waals surface area contributed by atoms with Gasteiger partial charge in [-0.1, -0.05) is 23.2 Å². The molecule has 1 aliphatic carbocycles. The Labute approximate surface area is 189 Å². The second kappa shape index (κ2) is 10.1. The van der Waals surface area contributed by atoms with E-state index in [0.717, 1.165) is 25.7 Å². The Kier molecular flexibility index (Phi) is 7.93. The number of hydrogen-bond acceptors (Lipinski definition) is 3. The van der Waals surface area contributed by atoms with Crippen LogP contribution in [0.1, 0.15) is 56.9 Å². The number of hydrogen-bond donors (Lipinski definition) is 1. The van der Waals surface area contributed by atoms with Crippen molar-refractivity contribution in [1.82, 2.24) is 14.5 Å². The molecule has 0 unspecified atom stereocenters. The van der Waals surface area contributed by atoms with E-state index in [9.17, 15) is 13.2 Å². The van der Waals surface area contributed by atoms with Crippen molar-refractivity contribution in [2.75, 3.05) is 25.9 Å². The Morgan fingerprint density at radius 3 is 2.17 bits per heavy atom. The number of rotatable bonds is 5. The fraction of sp³-hybridized carbons (Fsp3) is 0.667. The zero-order valence-electron chi connectivity index (χ0n) is 17.6. The number of halogens is 2. The third kappa shape index (κ3) is 5.81. The molecule has 1 heterocycles. The maximum absolute atomic E-state index is 12.7. The van der Waals surface area contributed by atoms with E-state index in [1.54, 1.807) is 22.2 Å². The summed E-state index contributed by atoms with van der Waals surface area (Å²) in [6.45, 7) is 2.62. The van der Waals surface area contributed by atoms with E-state index < -0.39 is 10.0 Å². The van der Waals surface area contributed by atoms with Gasteiger partial charge in [-0.25, -0.2) is 17.5 Å². The van der Waals surface area contributed by atoms with Gasteiger partial charge in [-0.2, -0.15) is 0 Å². The molecule has 0 spiro atoms. The van der Waals surface area contributed by atoms with Gasteiger partial charge in [0.2, 0.25) is 10.0 Å². The highest BCUT2D eigenvalue weighted by Gasteiger charge is 2.31. The van der Waals surface area contributed by atoms with E-state index in [1.165, 1.54) is 5.56 Å². The van der Waals surface area contributed by atoms with Gasteiger partial charge in [0.15, 0.2) is 0 Å². The molecule has 0 bridgehead atoms. The number of amides is 2. The third-order valence-corrected chi connectivity index (χ3v) is 8.78. The number of nitrogens with one attached hydrogen (secondary N) is 1. The lowest BCUT2D eigenvalue weighted by atomic mass is 9.82. The molecule has 1 aromatic rings. The molecule has 1 aliphatic heterocycles. The highest BCUT2D eigenvalue weighted by molar-refractivity contribution is 7.89. The SMILES string of the molecule is CCS(=O)(=O)N1CCC(N(C)C(=O)NC2CCC(c3cc(Cl)cc(Cl)c3)CC2)CC1. The normalized spacial score (nSPS) is 23.9. The van der Waals surface area contributed by atoms with Gasteiger partial charge in [0.25, 0.3) is 0 Å². The van der Waals surface area contributed by atoms with Crippen LogP contribution >= 0.6 is 23.2 Å². The van der Waals surface area contributed by atoms with Crippen LogP contribution in [0.4, 0.5) is 4.79 Å². The first-order valence-electron chi connectivity index (χ1n) is 10.7. The predicted molar refractivity (Wildman–Crippen MR) is 122 cm³/mol. The van der Waals surface area contributed by atoms with Gasteiger partial charge in [0.1, 0.15) is 0 Å². The Morgan fingerprint density at radius 2 is 1.63 bits per heavy atom. The lowest BCUT2D eigenvalue weighted by Gasteiger charge is -2.37. The van der Waals surface area contributed by atoms with Crippen LogP contribution in [0.25, 0.3) is 0 Å². The molecule has 30 heavy (non-hydrogen) atoms. The van der Waals surface area contributed by atoms with E-state index >= 15 is 0 Å². The van der Waals surface area contributed by atoms with E-state index in [-0.39, 0.29) is 23.9 Å². The highest BCUT2D eigenvalue weighted by atomic mass is 35.5. The summed E-state index contributed by atoms with van der Waals surface area (Å²) in [7, 11) is -1.34. The van der Waals surface area contributed by atoms with Crippen LogP contribution in [0.15, 0.2) is 18.2 Å². The second-order valence-electron chi connectivity index (χ2n) is 8.34. The number of piperidine rings is 1. The van der Waals surface area contributed by atoms with Crippen LogP contribution in [0, 0.1) is 0 Å². The lowest BCUT2D eigenvalue weighted by Crippen LogP contribution is -2.52. The first-order chi connectivity index (χ1) is 14.2. The van der Waals surface area contributed by atoms with E-state index in [2.05, 4.69) is 5.32 Å². The van der Waals surface area contributed by atoms with Crippen molar-refractivity contribution in [2.24, 2.45) is 0 Å². The molecular weight excluding hydrogens is 445 g/mol. The Balaban J connectivity index is 1.46. The third-order valence-electron chi connectivity index (χ3n) is 6.46. The molecule has 168 valence electrons. The molecule has 0 radical (unpaired) electrons. The molecule has 2 aliphatic rings. The van der Waals surface area contributed by atoms with E-state index in [0.29, 0.717) is 41.9 Å². The van der Waals surface area contributed by atoms with E-state index in [4.69, 9.17) is 23.2 Å². The summed E-state index contributed by atoms with van der Waals surface area (Å²) in [6, 6.07) is 5.87. The summed E-state index contributed by atoms with van der Waals surface area (Å²) in [5, 5.41) is 4.49. The maximum atomic E-state index is 12.7. The largest absolute Gasteiger partial charge is 0.335 e. The summed E-state index contributed by atoms with van der Waals surface area (Å²) in [5.41, 5.74) is 1.17. The number of benzene rings is 1. The van der Waals surface area contributed by atoms with Crippen LogP contribution in [0.3, 0.4) is 0 Å². The Hall–Kier alpha value is -1.02. The monoisotopic (exact) mass is 475 g/mol. The molecule has 3 rings (SSSR count). The molecule has 0 atom stereocenters. The lowest BCUT2D eigenvalue weighted by molar-refractivity contribution is 0.157. The predicted octanol–water partition coefficient (Wildman–Crippen LogP) is 4.48. The Bertz CT molecular complexity index is 829. The van der Waals surface area contributed by atoms with Crippen molar-refractivity contribution in [3.05, 3.63) is 33.8 Å². The first-order valence-corrected chi connectivity index (χ1v) is 13.0. The summed E-state index contributed by atoms with van der Waals surface area (Å²) in [5.74, 6) is 0.537. The molecule has 2 fully saturated rings. The molecule has 9 heteroatoms. The summed E-state index contributed by atoms with van der Waals surface area (Å²) >= 11 is 12.3. The van der Waals surface area contributed by atoms with Crippen LogP contribution < -0.4 is 5.32 Å². The van der Waals surface area contributed by atoms with Crippen LogP contribution in [-0.4, -0.2) is 61.6 Å². The summed E-state index contributed by atoms with van der Waals surface area (Å²) in [6.07, 6.45) is 5.15. The van der Waals surface area contributed by atoms with Crippen LogP contribution in [0.2, 0.25) is 10.0 Å². The maximum Gasteiger partial charge on any atom is 0.317 e. The van der Waals surface area contributed by atoms with Crippen molar-refractivity contribution in [3.8, 4) is 0 Å². The minimum Gasteiger partial charge on any atom is -0.335 e. The zero-order chi connectivity index (χ0) is 21.9. The quantitative estimate of drug-likeness (QED) is 0.682. The van der Waals surface area contributed by atoms with E-state index in [1.807, 2.05) is 19.2 Å². The van der Waals surface area contributed by atoms with Gasteiger partial charge >= 0.3 is 6.03 Å². The van der Waals surface area contributed by atoms with Gasteiger partial charge in [-0.15, -0.1) is 0 Å². The molecule has 2 amide bonds. The molecule has 1 saturated carbocycles. The smallest absolute Gasteiger partial charge is 0.317 e. The number of carbonyl (C=O) groups is 1. The van der Waals surface area contributed by atoms with Gasteiger partial charge in [-0.3, -0.25) is 0 Å². The fourth-order valence-electron chi connectivity index (χ4n) is 4.51. The van der Waals surface area contributed by atoms with Crippen LogP contribution in [-0.2, 0) is 10.0 Å².